The highest BCUT2D eigenvalue weighted by Gasteiger charge is 2.31. The molecule has 2 aromatic heterocycles. The third kappa shape index (κ3) is 3.73. The maximum absolute atomic E-state index is 12.4. The predicted molar refractivity (Wildman–Crippen MR) is 94.8 cm³/mol. The highest BCUT2D eigenvalue weighted by Crippen LogP contribution is 2.26. The number of piperidine rings is 1. The monoisotopic (exact) mass is 364 g/mol. The Kier molecular flexibility index (Phi) is 5.16. The average Bonchev–Trinajstić information content (AvgIpc) is 3.01. The summed E-state index contributed by atoms with van der Waals surface area (Å²) in [6, 6.07) is 0. The summed E-state index contributed by atoms with van der Waals surface area (Å²) in [6.07, 6.45) is 9.48. The Hall–Kier alpha value is -1.84. The molecule has 0 bridgehead atoms. The second kappa shape index (κ2) is 7.19. The standard InChI is InChI=1S/C16H24N6O2S/c1-20(2)25(23,24)22-9-4-5-13(12-22)11-14-15(18-7-6-17-14)16-19-8-10-21(16)3/h6-8,10,13H,4-5,9,11-12H2,1-3H3. The number of aryl methyl sites for hydroxylation is 1. The van der Waals surface area contributed by atoms with Crippen molar-refractivity contribution in [3.8, 4) is 11.5 Å². The van der Waals surface area contributed by atoms with Crippen molar-refractivity contribution in [2.75, 3.05) is 27.2 Å². The van der Waals surface area contributed by atoms with Crippen LogP contribution in [0.1, 0.15) is 18.5 Å². The van der Waals surface area contributed by atoms with Crippen molar-refractivity contribution in [2.45, 2.75) is 19.3 Å². The van der Waals surface area contributed by atoms with Gasteiger partial charge in [-0.3, -0.25) is 4.98 Å². The van der Waals surface area contributed by atoms with Gasteiger partial charge in [-0.1, -0.05) is 0 Å². The topological polar surface area (TPSA) is 84.2 Å². The molecule has 0 amide bonds. The second-order valence-corrected chi connectivity index (χ2v) is 8.72. The summed E-state index contributed by atoms with van der Waals surface area (Å²) >= 11 is 0. The van der Waals surface area contributed by atoms with Gasteiger partial charge in [0, 0.05) is 59.0 Å². The summed E-state index contributed by atoms with van der Waals surface area (Å²) in [5, 5.41) is 0. The Bertz CT molecular complexity index is 833. The van der Waals surface area contributed by atoms with E-state index in [-0.39, 0.29) is 5.92 Å². The van der Waals surface area contributed by atoms with Crippen molar-refractivity contribution < 1.29 is 8.42 Å². The quantitative estimate of drug-likeness (QED) is 0.788. The molecular formula is C16H24N6O2S. The first-order chi connectivity index (χ1) is 11.9. The van der Waals surface area contributed by atoms with Crippen molar-refractivity contribution >= 4 is 10.2 Å². The van der Waals surface area contributed by atoms with Gasteiger partial charge in [-0.25, -0.2) is 9.97 Å². The lowest BCUT2D eigenvalue weighted by Crippen LogP contribution is -2.45. The molecule has 1 atom stereocenters. The van der Waals surface area contributed by atoms with Gasteiger partial charge >= 0.3 is 0 Å². The first-order valence-corrected chi connectivity index (χ1v) is 9.74. The molecule has 0 radical (unpaired) electrons. The fourth-order valence-corrected chi connectivity index (χ4v) is 4.43. The number of imidazole rings is 1. The van der Waals surface area contributed by atoms with Gasteiger partial charge in [0.2, 0.25) is 0 Å². The van der Waals surface area contributed by atoms with E-state index < -0.39 is 10.2 Å². The molecule has 0 saturated carbocycles. The van der Waals surface area contributed by atoms with Gasteiger partial charge in [0.15, 0.2) is 5.82 Å². The third-order valence-electron chi connectivity index (χ3n) is 4.56. The van der Waals surface area contributed by atoms with Crippen molar-refractivity contribution in [1.29, 1.82) is 0 Å². The average molecular weight is 364 g/mol. The second-order valence-electron chi connectivity index (χ2n) is 6.57. The van der Waals surface area contributed by atoms with Crippen molar-refractivity contribution in [3.05, 3.63) is 30.5 Å². The molecule has 0 aliphatic carbocycles. The molecule has 1 aliphatic rings. The molecule has 1 saturated heterocycles. The summed E-state index contributed by atoms with van der Waals surface area (Å²) in [5.74, 6) is 0.996. The van der Waals surface area contributed by atoms with E-state index in [1.54, 1.807) is 37.0 Å². The normalized spacial score (nSPS) is 19.4. The van der Waals surface area contributed by atoms with E-state index in [1.165, 1.54) is 4.31 Å². The van der Waals surface area contributed by atoms with Crippen LogP contribution in [0.15, 0.2) is 24.8 Å². The molecule has 9 heteroatoms. The van der Waals surface area contributed by atoms with Crippen LogP contribution >= 0.6 is 0 Å². The lowest BCUT2D eigenvalue weighted by Gasteiger charge is -2.33. The molecule has 2 aromatic rings. The maximum Gasteiger partial charge on any atom is 0.281 e. The van der Waals surface area contributed by atoms with E-state index in [2.05, 4.69) is 15.0 Å². The van der Waals surface area contributed by atoms with Crippen LogP contribution in [0.3, 0.4) is 0 Å². The fourth-order valence-electron chi connectivity index (χ4n) is 3.20. The van der Waals surface area contributed by atoms with Crippen LogP contribution in [0.25, 0.3) is 11.5 Å². The van der Waals surface area contributed by atoms with Gasteiger partial charge in [-0.2, -0.15) is 17.0 Å². The molecule has 0 aromatic carbocycles. The zero-order valence-corrected chi connectivity index (χ0v) is 15.6. The van der Waals surface area contributed by atoms with E-state index in [1.807, 2.05) is 17.8 Å². The molecule has 25 heavy (non-hydrogen) atoms. The molecular weight excluding hydrogens is 340 g/mol. The highest BCUT2D eigenvalue weighted by molar-refractivity contribution is 7.86. The third-order valence-corrected chi connectivity index (χ3v) is 6.47. The largest absolute Gasteiger partial charge is 0.333 e. The Balaban J connectivity index is 1.81. The van der Waals surface area contributed by atoms with Gasteiger partial charge in [0.25, 0.3) is 10.2 Å². The molecule has 136 valence electrons. The summed E-state index contributed by atoms with van der Waals surface area (Å²) in [6.45, 7) is 1.08. The van der Waals surface area contributed by atoms with Crippen LogP contribution in [-0.4, -0.2) is 63.7 Å². The summed E-state index contributed by atoms with van der Waals surface area (Å²) in [4.78, 5) is 13.3. The van der Waals surface area contributed by atoms with Gasteiger partial charge < -0.3 is 4.57 Å². The first-order valence-electron chi connectivity index (χ1n) is 8.34. The maximum atomic E-state index is 12.4. The minimum Gasteiger partial charge on any atom is -0.333 e. The van der Waals surface area contributed by atoms with Crippen molar-refractivity contribution in [1.82, 2.24) is 28.1 Å². The molecule has 0 N–H and O–H groups in total. The van der Waals surface area contributed by atoms with Gasteiger partial charge in [-0.05, 0) is 25.2 Å². The smallest absolute Gasteiger partial charge is 0.281 e. The van der Waals surface area contributed by atoms with Gasteiger partial charge in [-0.15, -0.1) is 0 Å². The van der Waals surface area contributed by atoms with E-state index >= 15 is 0 Å². The van der Waals surface area contributed by atoms with Crippen LogP contribution in [0.4, 0.5) is 0 Å². The van der Waals surface area contributed by atoms with E-state index in [4.69, 9.17) is 0 Å². The molecule has 1 fully saturated rings. The molecule has 3 rings (SSSR count). The lowest BCUT2D eigenvalue weighted by atomic mass is 9.94. The van der Waals surface area contributed by atoms with Crippen LogP contribution in [0.5, 0.6) is 0 Å². The number of rotatable bonds is 5. The van der Waals surface area contributed by atoms with Gasteiger partial charge in [0.05, 0.1) is 5.69 Å². The Morgan fingerprint density at radius 2 is 1.96 bits per heavy atom. The molecule has 8 nitrogen and oxygen atoms in total. The summed E-state index contributed by atoms with van der Waals surface area (Å²) in [7, 11) is 1.69. The predicted octanol–water partition coefficient (Wildman–Crippen LogP) is 0.938. The number of hydrogen-bond acceptors (Lipinski definition) is 5. The Labute approximate surface area is 148 Å². The zero-order chi connectivity index (χ0) is 18.0. The lowest BCUT2D eigenvalue weighted by molar-refractivity contribution is 0.253. The Morgan fingerprint density at radius 1 is 1.20 bits per heavy atom. The van der Waals surface area contributed by atoms with E-state index in [9.17, 15) is 8.42 Å². The SMILES string of the molecule is CN(C)S(=O)(=O)N1CCCC(Cc2nccnc2-c2nccn2C)C1. The van der Waals surface area contributed by atoms with Crippen LogP contribution in [0, 0.1) is 5.92 Å². The molecule has 1 aliphatic heterocycles. The van der Waals surface area contributed by atoms with Crippen LogP contribution in [-0.2, 0) is 23.7 Å². The minimum absolute atomic E-state index is 0.221. The number of nitrogens with zero attached hydrogens (tertiary/aromatic N) is 6. The molecule has 1 unspecified atom stereocenters. The summed E-state index contributed by atoms with van der Waals surface area (Å²) < 4.78 is 29.5. The first kappa shape index (κ1) is 18.0. The Morgan fingerprint density at radius 3 is 2.64 bits per heavy atom. The minimum atomic E-state index is -3.37. The van der Waals surface area contributed by atoms with Gasteiger partial charge in [0.1, 0.15) is 5.69 Å². The van der Waals surface area contributed by atoms with Crippen molar-refractivity contribution in [3.63, 3.8) is 0 Å². The zero-order valence-electron chi connectivity index (χ0n) is 14.8. The van der Waals surface area contributed by atoms with E-state index in [0.29, 0.717) is 19.5 Å². The summed E-state index contributed by atoms with van der Waals surface area (Å²) in [5.41, 5.74) is 1.63. The van der Waals surface area contributed by atoms with Crippen LogP contribution in [0.2, 0.25) is 0 Å². The van der Waals surface area contributed by atoms with Crippen LogP contribution < -0.4 is 0 Å². The van der Waals surface area contributed by atoms with E-state index in [0.717, 1.165) is 30.1 Å². The highest BCUT2D eigenvalue weighted by atomic mass is 32.2. The molecule has 3 heterocycles. The number of aromatic nitrogens is 4. The fraction of sp³-hybridized carbons (Fsp3) is 0.562. The number of hydrogen-bond donors (Lipinski definition) is 0. The molecule has 0 spiro atoms. The van der Waals surface area contributed by atoms with Crippen molar-refractivity contribution in [2.24, 2.45) is 13.0 Å².